The smallest absolute Gasteiger partial charge is 0.0461 e. The summed E-state index contributed by atoms with van der Waals surface area (Å²) in [6.07, 6.45) is 5.84. The lowest BCUT2D eigenvalue weighted by atomic mass is 9.74. The maximum atomic E-state index is 5.81. The van der Waals surface area contributed by atoms with E-state index in [1.54, 1.807) is 0 Å². The van der Waals surface area contributed by atoms with E-state index in [9.17, 15) is 0 Å². The summed E-state index contributed by atoms with van der Waals surface area (Å²) in [4.78, 5) is 4.40. The van der Waals surface area contributed by atoms with E-state index in [2.05, 4.69) is 27.0 Å². The fourth-order valence-electron chi connectivity index (χ4n) is 2.02. The van der Waals surface area contributed by atoms with Crippen molar-refractivity contribution in [3.8, 4) is 0 Å². The Hall–Kier alpha value is -0.410. The van der Waals surface area contributed by atoms with E-state index in [1.807, 2.05) is 12.3 Å². The number of halogens is 1. The first-order chi connectivity index (χ1) is 6.81. The summed E-state index contributed by atoms with van der Waals surface area (Å²) in [5.74, 6) is 1.23. The van der Waals surface area contributed by atoms with Crippen LogP contribution in [0.25, 0.3) is 0 Å². The molecular weight excluding hydrogens is 240 g/mol. The number of pyridine rings is 1. The average molecular weight is 255 g/mol. The van der Waals surface area contributed by atoms with Crippen LogP contribution in [0.1, 0.15) is 30.9 Å². The maximum Gasteiger partial charge on any atom is 0.0461 e. The van der Waals surface area contributed by atoms with Gasteiger partial charge >= 0.3 is 0 Å². The van der Waals surface area contributed by atoms with Crippen molar-refractivity contribution in [2.24, 2.45) is 11.7 Å². The van der Waals surface area contributed by atoms with Crippen molar-refractivity contribution in [1.29, 1.82) is 0 Å². The molecule has 3 heteroatoms. The van der Waals surface area contributed by atoms with Crippen molar-refractivity contribution in [1.82, 2.24) is 4.98 Å². The van der Waals surface area contributed by atoms with E-state index >= 15 is 0 Å². The summed E-state index contributed by atoms with van der Waals surface area (Å²) in [7, 11) is 0. The molecule has 2 nitrogen and oxygen atoms in total. The number of hydrogen-bond acceptors (Lipinski definition) is 2. The molecule has 0 saturated heterocycles. The summed E-state index contributed by atoms with van der Waals surface area (Å²) in [5.41, 5.74) is 6.95. The Labute approximate surface area is 93.0 Å². The van der Waals surface area contributed by atoms with Gasteiger partial charge in [0.1, 0.15) is 0 Å². The predicted molar refractivity (Wildman–Crippen MR) is 61.1 cm³/mol. The van der Waals surface area contributed by atoms with Crippen LogP contribution >= 0.6 is 15.9 Å². The molecule has 1 aliphatic carbocycles. The van der Waals surface area contributed by atoms with Gasteiger partial charge in [-0.3, -0.25) is 4.98 Å². The molecule has 1 aliphatic rings. The first-order valence-electron chi connectivity index (χ1n) is 5.13. The third-order valence-electron chi connectivity index (χ3n) is 3.10. The van der Waals surface area contributed by atoms with Gasteiger partial charge in [-0.25, -0.2) is 0 Å². The average Bonchev–Trinajstić information content (AvgIpc) is 2.10. The molecule has 1 fully saturated rings. The first-order valence-corrected chi connectivity index (χ1v) is 5.92. The number of nitrogens with zero attached hydrogens (tertiary/aromatic N) is 1. The van der Waals surface area contributed by atoms with E-state index in [4.69, 9.17) is 5.73 Å². The third-order valence-corrected chi connectivity index (χ3v) is 3.59. The van der Waals surface area contributed by atoms with E-state index in [0.29, 0.717) is 12.5 Å². The highest BCUT2D eigenvalue weighted by Crippen LogP contribution is 2.38. The highest BCUT2D eigenvalue weighted by Gasteiger charge is 2.28. The minimum atomic E-state index is 0.459. The summed E-state index contributed by atoms with van der Waals surface area (Å²) < 4.78 is 1.10. The predicted octanol–water partition coefficient (Wildman–Crippen LogP) is 2.69. The van der Waals surface area contributed by atoms with E-state index in [-0.39, 0.29) is 0 Å². The number of rotatable bonds is 3. The number of aromatic nitrogens is 1. The molecule has 76 valence electrons. The highest BCUT2D eigenvalue weighted by atomic mass is 79.9. The quantitative estimate of drug-likeness (QED) is 0.901. The Bertz CT molecular complexity index is 310. The molecule has 1 aromatic rings. The van der Waals surface area contributed by atoms with Crippen molar-refractivity contribution in [2.75, 3.05) is 6.54 Å². The minimum absolute atomic E-state index is 0.459. The van der Waals surface area contributed by atoms with Crippen LogP contribution in [0.3, 0.4) is 0 Å². The van der Waals surface area contributed by atoms with Crippen molar-refractivity contribution in [3.05, 3.63) is 28.5 Å². The van der Waals surface area contributed by atoms with Crippen LogP contribution in [0, 0.1) is 5.92 Å². The second kappa shape index (κ2) is 4.41. The molecule has 2 N–H and O–H groups in total. The van der Waals surface area contributed by atoms with Crippen LogP contribution in [-0.4, -0.2) is 11.5 Å². The Balaban J connectivity index is 2.17. The van der Waals surface area contributed by atoms with Gasteiger partial charge in [-0.15, -0.1) is 0 Å². The molecule has 1 atom stereocenters. The third kappa shape index (κ3) is 1.98. The van der Waals surface area contributed by atoms with Gasteiger partial charge in [-0.2, -0.15) is 0 Å². The summed E-state index contributed by atoms with van der Waals surface area (Å²) in [5, 5.41) is 0. The van der Waals surface area contributed by atoms with Gasteiger partial charge in [0.25, 0.3) is 0 Å². The van der Waals surface area contributed by atoms with Crippen molar-refractivity contribution >= 4 is 15.9 Å². The van der Waals surface area contributed by atoms with Crippen LogP contribution < -0.4 is 5.73 Å². The zero-order valence-electron chi connectivity index (χ0n) is 8.12. The Kier molecular flexibility index (Phi) is 3.19. The van der Waals surface area contributed by atoms with Gasteiger partial charge in [0.2, 0.25) is 0 Å². The van der Waals surface area contributed by atoms with E-state index in [1.165, 1.54) is 19.3 Å². The molecule has 0 aromatic carbocycles. The van der Waals surface area contributed by atoms with Crippen LogP contribution in [0.2, 0.25) is 0 Å². The molecule has 1 heterocycles. The topological polar surface area (TPSA) is 38.9 Å². The van der Waals surface area contributed by atoms with Crippen LogP contribution in [-0.2, 0) is 0 Å². The van der Waals surface area contributed by atoms with Gasteiger partial charge in [0, 0.05) is 28.8 Å². The summed E-state index contributed by atoms with van der Waals surface area (Å²) in [6, 6.07) is 4.05. The van der Waals surface area contributed by atoms with Gasteiger partial charge < -0.3 is 5.73 Å². The zero-order valence-corrected chi connectivity index (χ0v) is 9.70. The summed E-state index contributed by atoms with van der Waals surface area (Å²) in [6.45, 7) is 0.716. The lowest BCUT2D eigenvalue weighted by Crippen LogP contribution is -2.27. The largest absolute Gasteiger partial charge is 0.330 e. The van der Waals surface area contributed by atoms with Gasteiger partial charge in [-0.1, -0.05) is 22.4 Å². The summed E-state index contributed by atoms with van der Waals surface area (Å²) >= 11 is 3.47. The van der Waals surface area contributed by atoms with Crippen LogP contribution in [0.5, 0.6) is 0 Å². The maximum absolute atomic E-state index is 5.81. The van der Waals surface area contributed by atoms with Crippen molar-refractivity contribution in [3.63, 3.8) is 0 Å². The van der Waals surface area contributed by atoms with Crippen LogP contribution in [0.15, 0.2) is 22.8 Å². The lowest BCUT2D eigenvalue weighted by Gasteiger charge is -2.32. The van der Waals surface area contributed by atoms with E-state index < -0.39 is 0 Å². The second-order valence-corrected chi connectivity index (χ2v) is 4.85. The Morgan fingerprint density at radius 1 is 1.57 bits per heavy atom. The van der Waals surface area contributed by atoms with Gasteiger partial charge in [0.05, 0.1) is 0 Å². The lowest BCUT2D eigenvalue weighted by molar-refractivity contribution is 0.261. The molecule has 1 aromatic heterocycles. The molecular formula is C11H15BrN2. The molecule has 1 unspecified atom stereocenters. The number of hydrogen-bond donors (Lipinski definition) is 1. The fraction of sp³-hybridized carbons (Fsp3) is 0.545. The molecule has 2 rings (SSSR count). The van der Waals surface area contributed by atoms with Gasteiger partial charge in [-0.05, 0) is 30.9 Å². The SMILES string of the molecule is NCC(c1cc(Br)ccn1)C1CCC1. The number of nitrogens with two attached hydrogens (primary N) is 1. The highest BCUT2D eigenvalue weighted by molar-refractivity contribution is 9.10. The zero-order chi connectivity index (χ0) is 9.97. The molecule has 0 spiro atoms. The Morgan fingerprint density at radius 2 is 2.36 bits per heavy atom. The van der Waals surface area contributed by atoms with Crippen molar-refractivity contribution in [2.45, 2.75) is 25.2 Å². The van der Waals surface area contributed by atoms with Crippen LogP contribution in [0.4, 0.5) is 0 Å². The molecule has 14 heavy (non-hydrogen) atoms. The normalized spacial score (nSPS) is 19.0. The minimum Gasteiger partial charge on any atom is -0.330 e. The molecule has 0 amide bonds. The fourth-order valence-corrected chi connectivity index (χ4v) is 2.37. The molecule has 0 aliphatic heterocycles. The molecule has 0 radical (unpaired) electrons. The standard InChI is InChI=1S/C11H15BrN2/c12-9-4-5-14-11(6-9)10(7-13)8-2-1-3-8/h4-6,8,10H,1-3,7,13H2. The monoisotopic (exact) mass is 254 g/mol. The Morgan fingerprint density at radius 3 is 2.86 bits per heavy atom. The second-order valence-electron chi connectivity index (χ2n) is 3.93. The van der Waals surface area contributed by atoms with Gasteiger partial charge in [0.15, 0.2) is 0 Å². The molecule has 0 bridgehead atoms. The first kappa shape index (κ1) is 10.1. The molecule has 1 saturated carbocycles. The van der Waals surface area contributed by atoms with E-state index in [0.717, 1.165) is 16.1 Å². The van der Waals surface area contributed by atoms with Crippen molar-refractivity contribution < 1.29 is 0 Å².